The summed E-state index contributed by atoms with van der Waals surface area (Å²) >= 11 is 0. The third-order valence-electron chi connectivity index (χ3n) is 2.60. The fourth-order valence-corrected chi connectivity index (χ4v) is 1.64. The van der Waals surface area contributed by atoms with Crippen molar-refractivity contribution in [3.63, 3.8) is 0 Å². The maximum absolute atomic E-state index is 13.2. The number of rotatable bonds is 1. The summed E-state index contributed by atoms with van der Waals surface area (Å²) in [6, 6.07) is 10.6. The van der Waals surface area contributed by atoms with Crippen molar-refractivity contribution in [2.45, 2.75) is 13.8 Å². The number of halogens is 2. The zero-order valence-electron chi connectivity index (χ0n) is 9.22. The first-order valence-electron chi connectivity index (χ1n) is 5.10. The molecule has 16 heavy (non-hydrogen) atoms. The van der Waals surface area contributed by atoms with Crippen molar-refractivity contribution < 1.29 is 8.78 Å². The van der Waals surface area contributed by atoms with Crippen LogP contribution in [0, 0.1) is 25.5 Å². The van der Waals surface area contributed by atoms with Crippen molar-refractivity contribution in [2.75, 3.05) is 0 Å². The van der Waals surface area contributed by atoms with Crippen molar-refractivity contribution in [2.24, 2.45) is 0 Å². The second-order valence-electron chi connectivity index (χ2n) is 3.95. The van der Waals surface area contributed by atoms with E-state index in [1.54, 1.807) is 13.0 Å². The molecule has 0 aliphatic heterocycles. The van der Waals surface area contributed by atoms with Crippen LogP contribution in [0.25, 0.3) is 11.1 Å². The molecule has 82 valence electrons. The van der Waals surface area contributed by atoms with Crippen LogP contribution in [0.1, 0.15) is 11.1 Å². The second-order valence-corrected chi connectivity index (χ2v) is 3.95. The lowest BCUT2D eigenvalue weighted by Gasteiger charge is -2.05. The Kier molecular flexibility index (Phi) is 2.73. The molecule has 0 aliphatic rings. The molecule has 0 fully saturated rings. The maximum Gasteiger partial charge on any atom is 0.161 e. The summed E-state index contributed by atoms with van der Waals surface area (Å²) in [5, 5.41) is 0. The number of aryl methyl sites for hydroxylation is 2. The Bertz CT molecular complexity index is 490. The summed E-state index contributed by atoms with van der Waals surface area (Å²) in [5.74, 6) is -1.56. The van der Waals surface area contributed by atoms with E-state index >= 15 is 0 Å². The minimum absolute atomic E-state index is 0.329. The van der Waals surface area contributed by atoms with Crippen LogP contribution in [0.2, 0.25) is 0 Å². The summed E-state index contributed by atoms with van der Waals surface area (Å²) in [6.45, 7) is 3.55. The lowest BCUT2D eigenvalue weighted by molar-refractivity contribution is 0.503. The van der Waals surface area contributed by atoms with Gasteiger partial charge in [0.05, 0.1) is 0 Å². The molecule has 2 aromatic carbocycles. The van der Waals surface area contributed by atoms with Gasteiger partial charge in [-0.2, -0.15) is 0 Å². The molecule has 0 amide bonds. The van der Waals surface area contributed by atoms with Crippen LogP contribution in [0.15, 0.2) is 36.4 Å². The molecule has 0 radical (unpaired) electrons. The van der Waals surface area contributed by atoms with E-state index in [1.807, 2.05) is 31.2 Å². The lowest BCUT2D eigenvalue weighted by Crippen LogP contribution is -1.90. The van der Waals surface area contributed by atoms with Gasteiger partial charge in [-0.3, -0.25) is 0 Å². The number of hydrogen-bond acceptors (Lipinski definition) is 0. The van der Waals surface area contributed by atoms with Crippen molar-refractivity contribution in [3.8, 4) is 11.1 Å². The fourth-order valence-electron chi connectivity index (χ4n) is 1.64. The first-order valence-corrected chi connectivity index (χ1v) is 5.10. The van der Waals surface area contributed by atoms with Crippen LogP contribution in [0.5, 0.6) is 0 Å². The molecular weight excluding hydrogens is 206 g/mol. The minimum atomic E-state index is -0.796. The van der Waals surface area contributed by atoms with Crippen molar-refractivity contribution in [1.82, 2.24) is 0 Å². The van der Waals surface area contributed by atoms with Crippen LogP contribution in [0.4, 0.5) is 8.78 Å². The third-order valence-corrected chi connectivity index (χ3v) is 2.60. The first kappa shape index (κ1) is 10.8. The van der Waals surface area contributed by atoms with Crippen LogP contribution >= 0.6 is 0 Å². The molecule has 0 aromatic heterocycles. The van der Waals surface area contributed by atoms with Gasteiger partial charge in [-0.15, -0.1) is 0 Å². The normalized spacial score (nSPS) is 10.5. The smallest absolute Gasteiger partial charge is 0.161 e. The predicted octanol–water partition coefficient (Wildman–Crippen LogP) is 4.25. The molecule has 0 saturated carbocycles. The molecule has 2 aromatic rings. The molecule has 0 atom stereocenters. The fraction of sp³-hybridized carbons (Fsp3) is 0.143. The second kappa shape index (κ2) is 4.05. The standard InChI is InChI=1S/C14H12F2/c1-9-3-5-11(6-4-9)12-7-10(2)14(16)13(15)8-12/h3-8H,1-2H3. The highest BCUT2D eigenvalue weighted by atomic mass is 19.2. The van der Waals surface area contributed by atoms with E-state index in [-0.39, 0.29) is 0 Å². The molecule has 0 spiro atoms. The maximum atomic E-state index is 13.2. The molecule has 0 nitrogen and oxygen atoms in total. The minimum Gasteiger partial charge on any atom is -0.204 e. The van der Waals surface area contributed by atoms with Gasteiger partial charge in [-0.1, -0.05) is 29.8 Å². The Morgan fingerprint density at radius 1 is 0.812 bits per heavy atom. The average molecular weight is 218 g/mol. The zero-order valence-corrected chi connectivity index (χ0v) is 9.22. The Hall–Kier alpha value is -1.70. The molecule has 2 heteroatoms. The molecule has 2 rings (SSSR count). The molecule has 0 bridgehead atoms. The van der Waals surface area contributed by atoms with E-state index in [0.29, 0.717) is 11.1 Å². The summed E-state index contributed by atoms with van der Waals surface area (Å²) < 4.78 is 26.3. The van der Waals surface area contributed by atoms with E-state index in [4.69, 9.17) is 0 Å². The molecular formula is C14H12F2. The summed E-state index contributed by atoms with van der Waals surface area (Å²) in [6.07, 6.45) is 0. The van der Waals surface area contributed by atoms with Crippen LogP contribution in [-0.2, 0) is 0 Å². The number of benzene rings is 2. The molecule has 0 N–H and O–H groups in total. The topological polar surface area (TPSA) is 0 Å². The Morgan fingerprint density at radius 2 is 1.44 bits per heavy atom. The molecule has 0 unspecified atom stereocenters. The summed E-state index contributed by atoms with van der Waals surface area (Å²) in [7, 11) is 0. The van der Waals surface area contributed by atoms with Crippen molar-refractivity contribution >= 4 is 0 Å². The first-order chi connectivity index (χ1) is 7.58. The monoisotopic (exact) mass is 218 g/mol. The Labute approximate surface area is 93.5 Å². The van der Waals surface area contributed by atoms with E-state index in [2.05, 4.69) is 0 Å². The molecule has 0 aliphatic carbocycles. The van der Waals surface area contributed by atoms with Gasteiger partial charge in [0.2, 0.25) is 0 Å². The zero-order chi connectivity index (χ0) is 11.7. The molecule has 0 saturated heterocycles. The van der Waals surface area contributed by atoms with Gasteiger partial charge in [0.25, 0.3) is 0 Å². The quantitative estimate of drug-likeness (QED) is 0.671. The highest BCUT2D eigenvalue weighted by Gasteiger charge is 2.08. The third kappa shape index (κ3) is 1.96. The van der Waals surface area contributed by atoms with E-state index in [9.17, 15) is 8.78 Å². The highest BCUT2D eigenvalue weighted by Crippen LogP contribution is 2.24. The lowest BCUT2D eigenvalue weighted by atomic mass is 10.0. The van der Waals surface area contributed by atoms with Crippen molar-refractivity contribution in [1.29, 1.82) is 0 Å². The van der Waals surface area contributed by atoms with E-state index in [1.165, 1.54) is 6.07 Å². The van der Waals surface area contributed by atoms with Crippen molar-refractivity contribution in [3.05, 3.63) is 59.2 Å². The summed E-state index contributed by atoms with van der Waals surface area (Å²) in [5.41, 5.74) is 3.07. The van der Waals surface area contributed by atoms with Gasteiger partial charge in [-0.25, -0.2) is 8.78 Å². The van der Waals surface area contributed by atoms with E-state index < -0.39 is 11.6 Å². The Balaban J connectivity index is 2.52. The summed E-state index contributed by atoms with van der Waals surface area (Å²) in [4.78, 5) is 0. The van der Waals surface area contributed by atoms with E-state index in [0.717, 1.165) is 11.1 Å². The van der Waals surface area contributed by atoms with Crippen LogP contribution in [0.3, 0.4) is 0 Å². The Morgan fingerprint density at radius 3 is 2.00 bits per heavy atom. The largest absolute Gasteiger partial charge is 0.204 e. The predicted molar refractivity (Wildman–Crippen MR) is 61.3 cm³/mol. The number of hydrogen-bond donors (Lipinski definition) is 0. The SMILES string of the molecule is Cc1ccc(-c2cc(C)c(F)c(F)c2)cc1. The van der Waals surface area contributed by atoms with Crippen LogP contribution < -0.4 is 0 Å². The van der Waals surface area contributed by atoms with Gasteiger partial charge in [0.15, 0.2) is 11.6 Å². The van der Waals surface area contributed by atoms with Crippen LogP contribution in [-0.4, -0.2) is 0 Å². The van der Waals surface area contributed by atoms with Gasteiger partial charge in [0.1, 0.15) is 0 Å². The van der Waals surface area contributed by atoms with Gasteiger partial charge < -0.3 is 0 Å². The highest BCUT2D eigenvalue weighted by molar-refractivity contribution is 5.64. The molecule has 0 heterocycles. The van der Waals surface area contributed by atoms with Gasteiger partial charge in [-0.05, 0) is 42.7 Å². The average Bonchev–Trinajstić information content (AvgIpc) is 2.26. The van der Waals surface area contributed by atoms with Gasteiger partial charge >= 0.3 is 0 Å². The van der Waals surface area contributed by atoms with Gasteiger partial charge in [0, 0.05) is 0 Å².